The first-order chi connectivity index (χ1) is 10.1. The average Bonchev–Trinajstić information content (AvgIpc) is 2.52. The van der Waals surface area contributed by atoms with Gasteiger partial charge in [-0.1, -0.05) is 18.8 Å². The lowest BCUT2D eigenvalue weighted by Gasteiger charge is -2.33. The monoisotopic (exact) mass is 287 g/mol. The topological polar surface area (TPSA) is 77.2 Å². The minimum Gasteiger partial charge on any atom is -0.381 e. The summed E-state index contributed by atoms with van der Waals surface area (Å²) in [6.45, 7) is 4.59. The Morgan fingerprint density at radius 2 is 2.29 bits per heavy atom. The van der Waals surface area contributed by atoms with Gasteiger partial charge < -0.3 is 15.8 Å². The van der Waals surface area contributed by atoms with Gasteiger partial charge in [0.2, 0.25) is 0 Å². The number of aromatic nitrogens is 1. The van der Waals surface area contributed by atoms with E-state index < -0.39 is 0 Å². The molecular formula is C16H21N3O2. The predicted molar refractivity (Wildman–Crippen MR) is 80.7 cm³/mol. The van der Waals surface area contributed by atoms with Crippen molar-refractivity contribution in [3.05, 3.63) is 29.6 Å². The molecule has 5 nitrogen and oxygen atoms in total. The molecule has 0 aliphatic carbocycles. The quantitative estimate of drug-likeness (QED) is 0.811. The summed E-state index contributed by atoms with van der Waals surface area (Å²) in [6, 6.07) is 1.68. The zero-order chi connectivity index (χ0) is 15.1. The summed E-state index contributed by atoms with van der Waals surface area (Å²) in [5, 5.41) is 3.00. The lowest BCUT2D eigenvalue weighted by atomic mass is 9.82. The van der Waals surface area contributed by atoms with E-state index in [0.29, 0.717) is 17.7 Å². The van der Waals surface area contributed by atoms with Crippen molar-refractivity contribution in [2.75, 3.05) is 26.3 Å². The molecule has 0 saturated carbocycles. The molecule has 1 amide bonds. The van der Waals surface area contributed by atoms with E-state index in [2.05, 4.69) is 29.1 Å². The minimum absolute atomic E-state index is 0.101. The molecule has 1 saturated heterocycles. The lowest BCUT2D eigenvalue weighted by molar-refractivity contribution is 0.0238. The standard InChI is InChI=1S/C16H21N3O2/c1-16(5-9-21-10-6-16)12-19-15(20)14-4-8-18-11-13(14)3-2-7-17/h4,8,11H,5-7,9-10,12,17H2,1H3,(H,19,20). The third-order valence-corrected chi connectivity index (χ3v) is 3.77. The summed E-state index contributed by atoms with van der Waals surface area (Å²) in [6.07, 6.45) is 5.11. The van der Waals surface area contributed by atoms with Crippen LogP contribution in [0.5, 0.6) is 0 Å². The van der Waals surface area contributed by atoms with E-state index in [1.165, 1.54) is 0 Å². The van der Waals surface area contributed by atoms with Crippen LogP contribution in [0.25, 0.3) is 0 Å². The maximum atomic E-state index is 12.3. The molecule has 1 aromatic heterocycles. The SMILES string of the molecule is CC1(CNC(=O)c2ccncc2C#CCN)CCOCC1. The Bertz CT molecular complexity index is 554. The van der Waals surface area contributed by atoms with Gasteiger partial charge in [-0.25, -0.2) is 0 Å². The fourth-order valence-corrected chi connectivity index (χ4v) is 2.27. The van der Waals surface area contributed by atoms with E-state index in [1.807, 2.05) is 0 Å². The molecule has 5 heteroatoms. The third kappa shape index (κ3) is 4.28. The van der Waals surface area contributed by atoms with E-state index in [1.54, 1.807) is 18.5 Å². The maximum Gasteiger partial charge on any atom is 0.252 e. The molecule has 1 aliphatic heterocycles. The third-order valence-electron chi connectivity index (χ3n) is 3.77. The van der Waals surface area contributed by atoms with Crippen LogP contribution in [-0.2, 0) is 4.74 Å². The summed E-state index contributed by atoms with van der Waals surface area (Å²) in [5.41, 5.74) is 6.62. The molecule has 0 aromatic carbocycles. The number of hydrogen-bond donors (Lipinski definition) is 2. The Morgan fingerprint density at radius 3 is 3.00 bits per heavy atom. The number of ether oxygens (including phenoxy) is 1. The van der Waals surface area contributed by atoms with Crippen LogP contribution >= 0.6 is 0 Å². The van der Waals surface area contributed by atoms with Crippen LogP contribution in [0.2, 0.25) is 0 Å². The van der Waals surface area contributed by atoms with Crippen molar-refractivity contribution in [2.24, 2.45) is 11.1 Å². The van der Waals surface area contributed by atoms with Gasteiger partial charge >= 0.3 is 0 Å². The van der Waals surface area contributed by atoms with Crippen LogP contribution in [0, 0.1) is 17.3 Å². The molecule has 0 bridgehead atoms. The number of pyridine rings is 1. The largest absolute Gasteiger partial charge is 0.381 e. The Morgan fingerprint density at radius 1 is 1.52 bits per heavy atom. The van der Waals surface area contributed by atoms with E-state index in [-0.39, 0.29) is 17.9 Å². The van der Waals surface area contributed by atoms with E-state index in [0.717, 1.165) is 26.1 Å². The van der Waals surface area contributed by atoms with E-state index >= 15 is 0 Å². The van der Waals surface area contributed by atoms with E-state index in [4.69, 9.17) is 10.5 Å². The van der Waals surface area contributed by atoms with Crippen LogP contribution in [0.3, 0.4) is 0 Å². The normalized spacial score (nSPS) is 16.7. The van der Waals surface area contributed by atoms with Crippen molar-refractivity contribution in [2.45, 2.75) is 19.8 Å². The summed E-state index contributed by atoms with van der Waals surface area (Å²) in [7, 11) is 0. The molecule has 2 heterocycles. The highest BCUT2D eigenvalue weighted by Crippen LogP contribution is 2.28. The first-order valence-corrected chi connectivity index (χ1v) is 7.13. The molecule has 112 valence electrons. The zero-order valence-corrected chi connectivity index (χ0v) is 12.3. The number of rotatable bonds is 3. The molecule has 1 aliphatic rings. The minimum atomic E-state index is -0.119. The molecule has 3 N–H and O–H groups in total. The highest BCUT2D eigenvalue weighted by atomic mass is 16.5. The molecular weight excluding hydrogens is 266 g/mol. The maximum absolute atomic E-state index is 12.3. The first kappa shape index (κ1) is 15.5. The highest BCUT2D eigenvalue weighted by molar-refractivity contribution is 5.96. The number of carbonyl (C=O) groups excluding carboxylic acids is 1. The van der Waals surface area contributed by atoms with Gasteiger partial charge in [-0.15, -0.1) is 0 Å². The van der Waals surface area contributed by atoms with Gasteiger partial charge in [0.05, 0.1) is 17.7 Å². The molecule has 0 spiro atoms. The second-order valence-electron chi connectivity index (χ2n) is 5.53. The van der Waals surface area contributed by atoms with Gasteiger partial charge in [-0.3, -0.25) is 9.78 Å². The van der Waals surface area contributed by atoms with Gasteiger partial charge in [0.25, 0.3) is 5.91 Å². The molecule has 1 aromatic rings. The average molecular weight is 287 g/mol. The second kappa shape index (κ2) is 7.21. The predicted octanol–water partition coefficient (Wildman–Crippen LogP) is 0.938. The van der Waals surface area contributed by atoms with Gasteiger partial charge in [-0.2, -0.15) is 0 Å². The number of nitrogens with one attached hydrogen (secondary N) is 1. The number of amides is 1. The van der Waals surface area contributed by atoms with Crippen molar-refractivity contribution >= 4 is 5.91 Å². The fraction of sp³-hybridized carbons (Fsp3) is 0.500. The van der Waals surface area contributed by atoms with Crippen LogP contribution < -0.4 is 11.1 Å². The van der Waals surface area contributed by atoms with Crippen molar-refractivity contribution in [3.63, 3.8) is 0 Å². The van der Waals surface area contributed by atoms with Crippen molar-refractivity contribution < 1.29 is 9.53 Å². The molecule has 0 atom stereocenters. The smallest absolute Gasteiger partial charge is 0.252 e. The Balaban J connectivity index is 2.03. The number of hydrogen-bond acceptors (Lipinski definition) is 4. The summed E-state index contributed by atoms with van der Waals surface area (Å²) in [5.74, 6) is 5.52. The summed E-state index contributed by atoms with van der Waals surface area (Å²) >= 11 is 0. The van der Waals surface area contributed by atoms with Gasteiger partial charge in [-0.05, 0) is 24.3 Å². The van der Waals surface area contributed by atoms with Crippen LogP contribution in [0.1, 0.15) is 35.7 Å². The fourth-order valence-electron chi connectivity index (χ4n) is 2.27. The van der Waals surface area contributed by atoms with Crippen molar-refractivity contribution in [1.82, 2.24) is 10.3 Å². The lowest BCUT2D eigenvalue weighted by Crippen LogP contribution is -2.39. The van der Waals surface area contributed by atoms with Crippen LogP contribution in [0.15, 0.2) is 18.5 Å². The Labute approximate surface area is 125 Å². The highest BCUT2D eigenvalue weighted by Gasteiger charge is 2.28. The van der Waals surface area contributed by atoms with Gasteiger partial charge in [0, 0.05) is 32.2 Å². The summed E-state index contributed by atoms with van der Waals surface area (Å²) in [4.78, 5) is 16.3. The second-order valence-corrected chi connectivity index (χ2v) is 5.53. The van der Waals surface area contributed by atoms with Gasteiger partial charge in [0.1, 0.15) is 0 Å². The summed E-state index contributed by atoms with van der Waals surface area (Å²) < 4.78 is 5.37. The molecule has 2 rings (SSSR count). The van der Waals surface area contributed by atoms with E-state index in [9.17, 15) is 4.79 Å². The Kier molecular flexibility index (Phi) is 5.32. The van der Waals surface area contributed by atoms with Crippen molar-refractivity contribution in [1.29, 1.82) is 0 Å². The number of carbonyl (C=O) groups is 1. The Hall–Kier alpha value is -1.90. The van der Waals surface area contributed by atoms with Crippen LogP contribution in [0.4, 0.5) is 0 Å². The van der Waals surface area contributed by atoms with Crippen molar-refractivity contribution in [3.8, 4) is 11.8 Å². The molecule has 0 unspecified atom stereocenters. The zero-order valence-electron chi connectivity index (χ0n) is 12.3. The molecule has 0 radical (unpaired) electrons. The number of nitrogens with zero attached hydrogens (tertiary/aromatic N) is 1. The van der Waals surface area contributed by atoms with Gasteiger partial charge in [0.15, 0.2) is 0 Å². The molecule has 1 fully saturated rings. The molecule has 21 heavy (non-hydrogen) atoms. The van der Waals surface area contributed by atoms with Crippen LogP contribution in [-0.4, -0.2) is 37.2 Å². The number of nitrogens with two attached hydrogens (primary N) is 1. The first-order valence-electron chi connectivity index (χ1n) is 7.13.